The second-order valence-corrected chi connectivity index (χ2v) is 4.33. The zero-order valence-corrected chi connectivity index (χ0v) is 10.1. The van der Waals surface area contributed by atoms with Crippen LogP contribution in [0.25, 0.3) is 0 Å². The molecule has 0 aliphatic carbocycles. The van der Waals surface area contributed by atoms with E-state index in [2.05, 4.69) is 0 Å². The van der Waals surface area contributed by atoms with Crippen LogP contribution in [0.1, 0.15) is 29.6 Å². The summed E-state index contributed by atoms with van der Waals surface area (Å²) in [4.78, 5) is 11.0. The molecule has 5 heteroatoms. The average molecular weight is 251 g/mol. The summed E-state index contributed by atoms with van der Waals surface area (Å²) in [6.45, 7) is 1.25. The fourth-order valence-corrected chi connectivity index (χ4v) is 2.01. The van der Waals surface area contributed by atoms with Crippen LogP contribution in [0, 0.1) is 0 Å². The number of carboxylic acids is 1. The van der Waals surface area contributed by atoms with Crippen LogP contribution in [-0.4, -0.2) is 30.4 Å². The molecule has 2 rings (SSSR count). The number of aromatic carboxylic acids is 1. The van der Waals surface area contributed by atoms with Crippen LogP contribution in [0.3, 0.4) is 0 Å². The Morgan fingerprint density at radius 3 is 3.06 bits per heavy atom. The van der Waals surface area contributed by atoms with Crippen LogP contribution >= 0.6 is 0 Å². The summed E-state index contributed by atoms with van der Waals surface area (Å²) < 4.78 is 11.0. The molecule has 98 valence electrons. The molecular formula is C13H17NO4. The Morgan fingerprint density at radius 1 is 1.56 bits per heavy atom. The largest absolute Gasteiger partial charge is 0.493 e. The normalized spacial score (nSPS) is 18.8. The molecule has 1 atom stereocenters. The van der Waals surface area contributed by atoms with E-state index in [0.717, 1.165) is 25.9 Å². The average Bonchev–Trinajstić information content (AvgIpc) is 2.82. The first-order valence-electron chi connectivity index (χ1n) is 6.04. The summed E-state index contributed by atoms with van der Waals surface area (Å²) in [6.07, 6.45) is 3.14. The van der Waals surface area contributed by atoms with Crippen molar-refractivity contribution in [1.82, 2.24) is 0 Å². The molecule has 0 amide bonds. The highest BCUT2D eigenvalue weighted by molar-refractivity contribution is 5.91. The minimum atomic E-state index is -1.01. The van der Waals surface area contributed by atoms with E-state index in [1.807, 2.05) is 0 Å². The molecular weight excluding hydrogens is 234 g/mol. The van der Waals surface area contributed by atoms with Gasteiger partial charge in [-0.1, -0.05) is 0 Å². The highest BCUT2D eigenvalue weighted by atomic mass is 16.5. The van der Waals surface area contributed by atoms with Gasteiger partial charge < -0.3 is 20.3 Å². The molecule has 1 heterocycles. The molecule has 0 aromatic heterocycles. The first-order chi connectivity index (χ1) is 8.66. The van der Waals surface area contributed by atoms with E-state index in [1.54, 1.807) is 12.1 Å². The second kappa shape index (κ2) is 5.73. The Bertz CT molecular complexity index is 427. The Balaban J connectivity index is 1.94. The van der Waals surface area contributed by atoms with Crippen LogP contribution in [0.2, 0.25) is 0 Å². The van der Waals surface area contributed by atoms with Gasteiger partial charge in [0.15, 0.2) is 0 Å². The van der Waals surface area contributed by atoms with Crippen LogP contribution in [0.4, 0.5) is 5.69 Å². The SMILES string of the molecule is Nc1ccc(C(=O)O)c(OCCC2CCCO2)c1. The lowest BCUT2D eigenvalue weighted by Gasteiger charge is -2.12. The van der Waals surface area contributed by atoms with Crippen LogP contribution in [0.15, 0.2) is 18.2 Å². The Morgan fingerprint density at radius 2 is 2.39 bits per heavy atom. The smallest absolute Gasteiger partial charge is 0.339 e. The van der Waals surface area contributed by atoms with Gasteiger partial charge in [0.25, 0.3) is 0 Å². The maximum Gasteiger partial charge on any atom is 0.339 e. The van der Waals surface area contributed by atoms with E-state index < -0.39 is 5.97 Å². The number of hydrogen-bond acceptors (Lipinski definition) is 4. The van der Waals surface area contributed by atoms with Gasteiger partial charge in [-0.05, 0) is 25.0 Å². The predicted octanol–water partition coefficient (Wildman–Crippen LogP) is 1.91. The first kappa shape index (κ1) is 12.7. The van der Waals surface area contributed by atoms with Crippen molar-refractivity contribution in [2.75, 3.05) is 18.9 Å². The van der Waals surface area contributed by atoms with Gasteiger partial charge in [0.2, 0.25) is 0 Å². The van der Waals surface area contributed by atoms with E-state index in [9.17, 15) is 4.79 Å². The number of nitrogens with two attached hydrogens (primary N) is 1. The van der Waals surface area contributed by atoms with Gasteiger partial charge in [0, 0.05) is 24.8 Å². The molecule has 1 aliphatic heterocycles. The summed E-state index contributed by atoms with van der Waals surface area (Å²) in [5.41, 5.74) is 6.25. The molecule has 5 nitrogen and oxygen atoms in total. The zero-order chi connectivity index (χ0) is 13.0. The molecule has 0 spiro atoms. The van der Waals surface area contributed by atoms with Crippen molar-refractivity contribution in [2.45, 2.75) is 25.4 Å². The number of carboxylic acid groups (broad SMARTS) is 1. The third-order valence-electron chi connectivity index (χ3n) is 2.96. The first-order valence-corrected chi connectivity index (χ1v) is 6.04. The van der Waals surface area contributed by atoms with Crippen molar-refractivity contribution in [1.29, 1.82) is 0 Å². The van der Waals surface area contributed by atoms with Gasteiger partial charge in [0.1, 0.15) is 11.3 Å². The molecule has 18 heavy (non-hydrogen) atoms. The molecule has 1 fully saturated rings. The fourth-order valence-electron chi connectivity index (χ4n) is 2.01. The number of anilines is 1. The van der Waals surface area contributed by atoms with Crippen LogP contribution < -0.4 is 10.5 Å². The molecule has 1 unspecified atom stereocenters. The monoisotopic (exact) mass is 251 g/mol. The Labute approximate surface area is 106 Å². The number of nitrogen functional groups attached to an aromatic ring is 1. The highest BCUT2D eigenvalue weighted by Gasteiger charge is 2.16. The maximum absolute atomic E-state index is 11.0. The van der Waals surface area contributed by atoms with E-state index in [-0.39, 0.29) is 11.7 Å². The number of benzene rings is 1. The molecule has 3 N–H and O–H groups in total. The van der Waals surface area contributed by atoms with Gasteiger partial charge in [-0.3, -0.25) is 0 Å². The lowest BCUT2D eigenvalue weighted by atomic mass is 10.1. The van der Waals surface area contributed by atoms with Crippen LogP contribution in [0.5, 0.6) is 5.75 Å². The fraction of sp³-hybridized carbons (Fsp3) is 0.462. The van der Waals surface area contributed by atoms with Crippen molar-refractivity contribution < 1.29 is 19.4 Å². The Hall–Kier alpha value is -1.75. The van der Waals surface area contributed by atoms with Gasteiger partial charge in [-0.15, -0.1) is 0 Å². The summed E-state index contributed by atoms with van der Waals surface area (Å²) >= 11 is 0. The van der Waals surface area contributed by atoms with Gasteiger partial charge in [0.05, 0.1) is 12.7 Å². The quantitative estimate of drug-likeness (QED) is 0.781. The summed E-state index contributed by atoms with van der Waals surface area (Å²) in [7, 11) is 0. The van der Waals surface area contributed by atoms with E-state index >= 15 is 0 Å². The Kier molecular flexibility index (Phi) is 4.04. The lowest BCUT2D eigenvalue weighted by molar-refractivity contribution is 0.0689. The zero-order valence-electron chi connectivity index (χ0n) is 10.1. The van der Waals surface area contributed by atoms with E-state index in [1.165, 1.54) is 6.07 Å². The molecule has 1 aromatic carbocycles. The summed E-state index contributed by atoms with van der Waals surface area (Å²) in [5.74, 6) is -0.692. The topological polar surface area (TPSA) is 81.8 Å². The van der Waals surface area contributed by atoms with Gasteiger partial charge in [-0.2, -0.15) is 0 Å². The van der Waals surface area contributed by atoms with E-state index in [0.29, 0.717) is 18.0 Å². The van der Waals surface area contributed by atoms with Crippen molar-refractivity contribution >= 4 is 11.7 Å². The molecule has 1 aliphatic rings. The summed E-state index contributed by atoms with van der Waals surface area (Å²) in [6, 6.07) is 4.55. The molecule has 0 bridgehead atoms. The van der Waals surface area contributed by atoms with Gasteiger partial charge in [-0.25, -0.2) is 4.79 Å². The van der Waals surface area contributed by atoms with Crippen molar-refractivity contribution in [3.05, 3.63) is 23.8 Å². The third kappa shape index (κ3) is 3.13. The van der Waals surface area contributed by atoms with Crippen molar-refractivity contribution in [3.8, 4) is 5.75 Å². The number of rotatable bonds is 5. The second-order valence-electron chi connectivity index (χ2n) is 4.33. The maximum atomic E-state index is 11.0. The van der Waals surface area contributed by atoms with Crippen LogP contribution in [-0.2, 0) is 4.74 Å². The molecule has 1 aromatic rings. The minimum absolute atomic E-state index is 0.136. The standard InChI is InChI=1S/C13H17NO4/c14-9-3-4-11(13(15)16)12(8-9)18-7-5-10-2-1-6-17-10/h3-4,8,10H,1-2,5-7,14H2,(H,15,16). The van der Waals surface area contributed by atoms with Crippen molar-refractivity contribution in [3.63, 3.8) is 0 Å². The third-order valence-corrected chi connectivity index (χ3v) is 2.96. The highest BCUT2D eigenvalue weighted by Crippen LogP contribution is 2.23. The lowest BCUT2D eigenvalue weighted by Crippen LogP contribution is -2.12. The van der Waals surface area contributed by atoms with E-state index in [4.69, 9.17) is 20.3 Å². The number of ether oxygens (including phenoxy) is 2. The summed E-state index contributed by atoms with van der Waals surface area (Å²) in [5, 5.41) is 9.02. The molecule has 0 saturated carbocycles. The van der Waals surface area contributed by atoms with Crippen molar-refractivity contribution in [2.24, 2.45) is 0 Å². The van der Waals surface area contributed by atoms with Gasteiger partial charge >= 0.3 is 5.97 Å². The molecule has 0 radical (unpaired) electrons. The molecule has 1 saturated heterocycles. The minimum Gasteiger partial charge on any atom is -0.493 e. The number of hydrogen-bond donors (Lipinski definition) is 2. The number of carbonyl (C=O) groups is 1. The predicted molar refractivity (Wildman–Crippen MR) is 66.9 cm³/mol.